The van der Waals surface area contributed by atoms with E-state index in [0.717, 1.165) is 12.8 Å². The van der Waals surface area contributed by atoms with Crippen LogP contribution in [0.2, 0.25) is 0 Å². The van der Waals surface area contributed by atoms with E-state index in [-0.39, 0.29) is 44.6 Å². The molecule has 2 aromatic rings. The molecule has 0 spiro atoms. The maximum atomic E-state index is 15.5. The zero-order chi connectivity index (χ0) is 43.1. The summed E-state index contributed by atoms with van der Waals surface area (Å²) >= 11 is 0. The van der Waals surface area contributed by atoms with Gasteiger partial charge in [0.25, 0.3) is 0 Å². The Labute approximate surface area is 333 Å². The van der Waals surface area contributed by atoms with Crippen molar-refractivity contribution in [1.82, 2.24) is 0 Å². The van der Waals surface area contributed by atoms with Gasteiger partial charge in [0, 0.05) is 12.8 Å². The molecule has 2 rings (SSSR count). The fourth-order valence-electron chi connectivity index (χ4n) is 4.81. The second-order valence-electron chi connectivity index (χ2n) is 13.5. The first-order valence-electron chi connectivity index (χ1n) is 17.1. The van der Waals surface area contributed by atoms with Crippen LogP contribution in [0.1, 0.15) is 128 Å². The molecule has 2 aromatic carbocycles. The van der Waals surface area contributed by atoms with E-state index in [0.29, 0.717) is 0 Å². The summed E-state index contributed by atoms with van der Waals surface area (Å²) in [6, 6.07) is 7.41. The zero-order valence-electron chi connectivity index (χ0n) is 32.1. The SMILES string of the molecule is CC(C)c1cccc(C(C)C)c1N=C(N=C([N-]c1c(C(C)C)cccc1C(C)C)C(F)(F)C(F)(F)C(F)(F)F)C(F)(F)C(F)(F)C(F)(F)F.CCC#CCC.[Au+]. The van der Waals surface area contributed by atoms with Crippen LogP contribution in [0.3, 0.4) is 0 Å². The largest absolute Gasteiger partial charge is 1.00 e. The number of halogens is 14. The molecule has 0 aliphatic rings. The molecule has 18 heteroatoms. The van der Waals surface area contributed by atoms with Crippen molar-refractivity contribution < 1.29 is 83.8 Å². The van der Waals surface area contributed by atoms with E-state index in [4.69, 9.17) is 0 Å². The van der Waals surface area contributed by atoms with E-state index in [2.05, 4.69) is 41.0 Å². The fourth-order valence-corrected chi connectivity index (χ4v) is 4.81. The molecule has 0 radical (unpaired) electrons. The quantitative estimate of drug-likeness (QED) is 0.0748. The molecule has 3 nitrogen and oxygen atoms in total. The summed E-state index contributed by atoms with van der Waals surface area (Å²) in [7, 11) is 0. The van der Waals surface area contributed by atoms with Crippen LogP contribution < -0.4 is 0 Å². The van der Waals surface area contributed by atoms with Crippen molar-refractivity contribution in [2.45, 2.75) is 142 Å². The summed E-state index contributed by atoms with van der Waals surface area (Å²) < 4.78 is 201. The fraction of sp³-hybridized carbons (Fsp3) is 0.579. The predicted molar refractivity (Wildman–Crippen MR) is 187 cm³/mol. The Morgan fingerprint density at radius 1 is 0.554 bits per heavy atom. The summed E-state index contributed by atoms with van der Waals surface area (Å²) in [5, 5.41) is 3.19. The number of alkyl halides is 14. The van der Waals surface area contributed by atoms with Crippen LogP contribution in [0, 0.1) is 11.8 Å². The van der Waals surface area contributed by atoms with Crippen molar-refractivity contribution in [3.05, 3.63) is 64.0 Å². The zero-order valence-corrected chi connectivity index (χ0v) is 34.3. The van der Waals surface area contributed by atoms with Gasteiger partial charge in [-0.3, -0.25) is 4.99 Å². The van der Waals surface area contributed by atoms with Gasteiger partial charge in [-0.05, 0) is 57.4 Å². The van der Waals surface area contributed by atoms with Gasteiger partial charge < -0.3 is 10.3 Å². The first-order chi connectivity index (χ1) is 24.9. The van der Waals surface area contributed by atoms with Crippen molar-refractivity contribution in [1.29, 1.82) is 0 Å². The van der Waals surface area contributed by atoms with Crippen LogP contribution in [0.25, 0.3) is 5.32 Å². The van der Waals surface area contributed by atoms with Gasteiger partial charge in [0.1, 0.15) is 5.84 Å². The Bertz CT molecular complexity index is 1650. The molecular weight excluding hydrogens is 961 g/mol. The van der Waals surface area contributed by atoms with E-state index in [1.54, 1.807) is 0 Å². The molecule has 0 saturated heterocycles. The second-order valence-corrected chi connectivity index (χ2v) is 13.5. The van der Waals surface area contributed by atoms with Crippen molar-refractivity contribution >= 4 is 23.0 Å². The minimum Gasteiger partial charge on any atom is -0.434 e. The number of para-hydroxylation sites is 2. The third kappa shape index (κ3) is 11.7. The molecule has 0 amide bonds. The van der Waals surface area contributed by atoms with E-state index in [1.165, 1.54) is 91.8 Å². The van der Waals surface area contributed by atoms with E-state index in [1.807, 2.05) is 0 Å². The molecule has 0 atom stereocenters. The van der Waals surface area contributed by atoms with Crippen LogP contribution >= 0.6 is 0 Å². The van der Waals surface area contributed by atoms with Crippen molar-refractivity contribution in [3.8, 4) is 11.8 Å². The van der Waals surface area contributed by atoms with Gasteiger partial charge in [-0.15, -0.1) is 11.8 Å². The average Bonchev–Trinajstić information content (AvgIpc) is 3.05. The number of hydrogen-bond donors (Lipinski definition) is 0. The maximum absolute atomic E-state index is 15.5. The summed E-state index contributed by atoms with van der Waals surface area (Å²) in [6.45, 7) is 15.4. The van der Waals surface area contributed by atoms with Crippen LogP contribution in [0.15, 0.2) is 46.4 Å². The van der Waals surface area contributed by atoms with E-state index < -0.39 is 82.8 Å². The first kappa shape index (κ1) is 52.9. The summed E-state index contributed by atoms with van der Waals surface area (Å²) in [4.78, 5) is 5.60. The van der Waals surface area contributed by atoms with Crippen LogP contribution in [0.5, 0.6) is 0 Å². The molecule has 0 heterocycles. The molecule has 0 saturated carbocycles. The topological polar surface area (TPSA) is 38.8 Å². The minimum absolute atomic E-state index is 0. The van der Waals surface area contributed by atoms with Gasteiger partial charge in [0.05, 0.1) is 5.69 Å². The minimum atomic E-state index is -7.15. The van der Waals surface area contributed by atoms with Gasteiger partial charge >= 0.3 is 58.4 Å². The molecule has 0 N–H and O–H groups in total. The first-order valence-corrected chi connectivity index (χ1v) is 17.1. The monoisotopic (exact) mass is 1010 g/mol. The Balaban J connectivity index is 0.00000398. The molecule has 56 heavy (non-hydrogen) atoms. The average molecular weight is 1010 g/mol. The number of rotatable bonds is 10. The number of benzene rings is 2. The van der Waals surface area contributed by atoms with E-state index in [9.17, 15) is 43.9 Å². The van der Waals surface area contributed by atoms with Crippen LogP contribution in [0.4, 0.5) is 72.8 Å². The molecule has 0 bridgehead atoms. The predicted octanol–water partition coefficient (Wildman–Crippen LogP) is 14.8. The summed E-state index contributed by atoms with van der Waals surface area (Å²) in [5.41, 5.74) is -1.96. The second kappa shape index (κ2) is 20.0. The van der Waals surface area contributed by atoms with Crippen LogP contribution in [-0.4, -0.2) is 47.7 Å². The van der Waals surface area contributed by atoms with E-state index >= 15 is 17.6 Å². The Morgan fingerprint density at radius 2 is 0.875 bits per heavy atom. The third-order valence-electron chi connectivity index (χ3n) is 7.87. The van der Waals surface area contributed by atoms with Gasteiger partial charge in [0.2, 0.25) is 0 Å². The number of amidine groups is 2. The van der Waals surface area contributed by atoms with Crippen molar-refractivity contribution in [3.63, 3.8) is 0 Å². The smallest absolute Gasteiger partial charge is 0.434 e. The molecule has 0 unspecified atom stereocenters. The number of aliphatic imine (C=N–C) groups is 2. The third-order valence-corrected chi connectivity index (χ3v) is 7.87. The van der Waals surface area contributed by atoms with Gasteiger partial charge in [-0.2, -0.15) is 61.5 Å². The van der Waals surface area contributed by atoms with Gasteiger partial charge in [-0.1, -0.05) is 106 Å². The Morgan fingerprint density at radius 3 is 1.18 bits per heavy atom. The maximum Gasteiger partial charge on any atom is 1.00 e. The Kier molecular flexibility index (Phi) is 18.9. The molecule has 0 aromatic heterocycles. The summed E-state index contributed by atoms with van der Waals surface area (Å²) in [6.07, 6.45) is -12.2. The molecule has 0 aliphatic carbocycles. The molecular formula is C38H44AuF14N3. The van der Waals surface area contributed by atoms with Gasteiger partial charge in [-0.25, -0.2) is 0 Å². The molecule has 0 aliphatic heterocycles. The number of nitrogens with zero attached hydrogens (tertiary/aromatic N) is 3. The van der Waals surface area contributed by atoms with Crippen molar-refractivity contribution in [2.75, 3.05) is 0 Å². The Hall–Kier alpha value is -3.10. The molecule has 320 valence electrons. The molecule has 0 fully saturated rings. The normalized spacial score (nSPS) is 13.7. The number of hydrogen-bond acceptors (Lipinski definition) is 1. The van der Waals surface area contributed by atoms with Gasteiger partial charge in [0.15, 0.2) is 0 Å². The standard InChI is InChI=1S/C32H34F14N3.C6H10.Au/c1-15(2)19-11-9-12-20(16(3)4)23(19)47-25(27(33,34)29(37,38)31(41,42)43)49-26(28(35,36)30(39,40)32(44,45)46)48-24-21(17(5)6)13-10-14-22(24)18(7)8;1-3-5-6-4-2;/h9-18H,1-8H3;3-4H2,1-2H3;/q-1;;+1. The van der Waals surface area contributed by atoms with Crippen LogP contribution in [-0.2, 0) is 22.4 Å². The van der Waals surface area contributed by atoms with Crippen molar-refractivity contribution in [2.24, 2.45) is 9.98 Å². The summed E-state index contributed by atoms with van der Waals surface area (Å²) in [5.74, 6) is -31.1.